The number of rotatable bonds is 6. The predicted molar refractivity (Wildman–Crippen MR) is 109 cm³/mol. The number of pyridine rings is 1. The second-order valence-corrected chi connectivity index (χ2v) is 7.29. The van der Waals surface area contributed by atoms with Crippen molar-refractivity contribution in [2.45, 2.75) is 18.9 Å². The summed E-state index contributed by atoms with van der Waals surface area (Å²) in [5.41, 5.74) is 7.52. The Morgan fingerprint density at radius 1 is 1.20 bits per heavy atom. The van der Waals surface area contributed by atoms with Crippen LogP contribution >= 0.6 is 0 Å². The Kier molecular flexibility index (Phi) is 5.99. The van der Waals surface area contributed by atoms with E-state index in [9.17, 15) is 5.26 Å². The monoisotopic (exact) mass is 406 g/mol. The lowest BCUT2D eigenvalue weighted by molar-refractivity contribution is -0.0796. The van der Waals surface area contributed by atoms with Crippen LogP contribution in [-0.4, -0.2) is 44.1 Å². The van der Waals surface area contributed by atoms with E-state index in [1.807, 2.05) is 12.1 Å². The summed E-state index contributed by atoms with van der Waals surface area (Å²) in [5, 5.41) is 9.85. The molecule has 0 amide bonds. The van der Waals surface area contributed by atoms with E-state index in [0.29, 0.717) is 55.8 Å². The summed E-state index contributed by atoms with van der Waals surface area (Å²) in [7, 11) is 0. The number of aromatic nitrogens is 1. The summed E-state index contributed by atoms with van der Waals surface area (Å²) in [6.07, 6.45) is 1.86. The predicted octanol–water partition coefficient (Wildman–Crippen LogP) is 3.34. The molecular formula is C22H22N4O4. The second-order valence-electron chi connectivity index (χ2n) is 7.29. The van der Waals surface area contributed by atoms with Crippen LogP contribution in [0.5, 0.6) is 11.6 Å². The zero-order chi connectivity index (χ0) is 20.9. The van der Waals surface area contributed by atoms with Gasteiger partial charge in [0, 0.05) is 18.8 Å². The SMILES string of the molecule is [C-]#[N+]c1c(N)nc(OCC2CCOCC2)c(C#N)c1-c1ccc(OC2COC2)cc1. The van der Waals surface area contributed by atoms with Crippen LogP contribution in [0.15, 0.2) is 24.3 Å². The number of hydrogen-bond donors (Lipinski definition) is 1. The smallest absolute Gasteiger partial charge is 0.237 e. The third-order valence-electron chi connectivity index (χ3n) is 5.24. The molecule has 154 valence electrons. The first-order chi connectivity index (χ1) is 14.7. The number of nitrogens with zero attached hydrogens (tertiary/aromatic N) is 3. The van der Waals surface area contributed by atoms with Crippen molar-refractivity contribution in [3.05, 3.63) is 41.2 Å². The number of ether oxygens (including phenoxy) is 4. The molecule has 3 heterocycles. The van der Waals surface area contributed by atoms with Gasteiger partial charge in [-0.2, -0.15) is 5.26 Å². The number of hydrogen-bond acceptors (Lipinski definition) is 7. The van der Waals surface area contributed by atoms with Gasteiger partial charge in [0.25, 0.3) is 0 Å². The van der Waals surface area contributed by atoms with Crippen LogP contribution in [0.3, 0.4) is 0 Å². The standard InChI is InChI=1S/C22H22N4O4/c1-25-20-19(15-2-4-16(5-3-15)30-17-12-28-13-17)18(10-23)22(26-21(20)24)29-11-14-6-8-27-9-7-14/h2-5,14,17H,6-9,11-13H2,(H2,24,26). The molecule has 2 aliphatic heterocycles. The molecule has 0 bridgehead atoms. The third kappa shape index (κ3) is 4.16. The maximum atomic E-state index is 9.85. The lowest BCUT2D eigenvalue weighted by atomic mass is 9.99. The van der Waals surface area contributed by atoms with Crippen LogP contribution in [0.2, 0.25) is 0 Å². The zero-order valence-electron chi connectivity index (χ0n) is 16.5. The topological polar surface area (TPSA) is 104 Å². The highest BCUT2D eigenvalue weighted by Crippen LogP contribution is 2.41. The molecule has 0 radical (unpaired) electrons. The number of nitrogens with two attached hydrogens (primary N) is 1. The molecule has 1 aromatic heterocycles. The van der Waals surface area contributed by atoms with Gasteiger partial charge >= 0.3 is 0 Å². The van der Waals surface area contributed by atoms with Crippen LogP contribution < -0.4 is 15.2 Å². The van der Waals surface area contributed by atoms with Crippen molar-refractivity contribution in [2.24, 2.45) is 5.92 Å². The Bertz CT molecular complexity index is 984. The van der Waals surface area contributed by atoms with E-state index in [2.05, 4.69) is 15.9 Å². The summed E-state index contributed by atoms with van der Waals surface area (Å²) in [6.45, 7) is 10.6. The minimum absolute atomic E-state index is 0.0490. The quantitative estimate of drug-likeness (QED) is 0.734. The molecule has 2 N–H and O–H groups in total. The summed E-state index contributed by atoms with van der Waals surface area (Å²) < 4.78 is 22.2. The van der Waals surface area contributed by atoms with Crippen molar-refractivity contribution in [2.75, 3.05) is 38.8 Å². The van der Waals surface area contributed by atoms with Crippen LogP contribution in [0, 0.1) is 23.8 Å². The Hall–Kier alpha value is -3.33. The number of nitriles is 1. The van der Waals surface area contributed by atoms with Crippen molar-refractivity contribution in [3.8, 4) is 28.8 Å². The van der Waals surface area contributed by atoms with Crippen molar-refractivity contribution < 1.29 is 18.9 Å². The molecule has 8 nitrogen and oxygen atoms in total. The summed E-state index contributed by atoms with van der Waals surface area (Å²) in [5.74, 6) is 1.25. The van der Waals surface area contributed by atoms with Gasteiger partial charge in [0.15, 0.2) is 0 Å². The summed E-state index contributed by atoms with van der Waals surface area (Å²) in [6, 6.07) is 9.39. The van der Waals surface area contributed by atoms with Gasteiger partial charge in [-0.05, 0) is 36.5 Å². The molecule has 8 heteroatoms. The van der Waals surface area contributed by atoms with Crippen molar-refractivity contribution >= 4 is 11.5 Å². The molecule has 0 saturated carbocycles. The van der Waals surface area contributed by atoms with Gasteiger partial charge in [0.1, 0.15) is 29.3 Å². The fourth-order valence-electron chi connectivity index (χ4n) is 3.46. The highest BCUT2D eigenvalue weighted by molar-refractivity contribution is 5.90. The maximum absolute atomic E-state index is 9.85. The van der Waals surface area contributed by atoms with Gasteiger partial charge in [-0.15, -0.1) is 0 Å². The number of nitrogen functional groups attached to an aromatic ring is 1. The van der Waals surface area contributed by atoms with E-state index in [1.54, 1.807) is 12.1 Å². The first kappa shape index (κ1) is 20.0. The first-order valence-corrected chi connectivity index (χ1v) is 9.86. The third-order valence-corrected chi connectivity index (χ3v) is 5.24. The summed E-state index contributed by atoms with van der Waals surface area (Å²) >= 11 is 0. The van der Waals surface area contributed by atoms with Gasteiger partial charge in [0.2, 0.25) is 11.6 Å². The van der Waals surface area contributed by atoms with Crippen LogP contribution in [0.4, 0.5) is 11.5 Å². The molecule has 0 atom stereocenters. The minimum atomic E-state index is 0.0490. The highest BCUT2D eigenvalue weighted by Gasteiger charge is 2.24. The molecule has 30 heavy (non-hydrogen) atoms. The molecule has 0 aliphatic carbocycles. The lowest BCUT2D eigenvalue weighted by Gasteiger charge is -2.26. The Balaban J connectivity index is 1.64. The van der Waals surface area contributed by atoms with E-state index in [-0.39, 0.29) is 29.1 Å². The van der Waals surface area contributed by atoms with E-state index in [0.717, 1.165) is 12.8 Å². The van der Waals surface area contributed by atoms with Crippen LogP contribution in [0.1, 0.15) is 18.4 Å². The molecule has 2 aliphatic rings. The second kappa shape index (κ2) is 9.00. The van der Waals surface area contributed by atoms with Gasteiger partial charge in [-0.25, -0.2) is 9.83 Å². The van der Waals surface area contributed by atoms with E-state index in [1.165, 1.54) is 0 Å². The first-order valence-electron chi connectivity index (χ1n) is 9.86. The Morgan fingerprint density at radius 2 is 1.93 bits per heavy atom. The van der Waals surface area contributed by atoms with Gasteiger partial charge in [0.05, 0.1) is 26.4 Å². The summed E-state index contributed by atoms with van der Waals surface area (Å²) in [4.78, 5) is 7.74. The van der Waals surface area contributed by atoms with Crippen molar-refractivity contribution in [1.82, 2.24) is 4.98 Å². The zero-order valence-corrected chi connectivity index (χ0v) is 16.5. The molecule has 4 rings (SSSR count). The fraction of sp³-hybridized carbons (Fsp3) is 0.409. The van der Waals surface area contributed by atoms with Crippen LogP contribution in [-0.2, 0) is 9.47 Å². The van der Waals surface area contributed by atoms with E-state index in [4.69, 9.17) is 31.3 Å². The Morgan fingerprint density at radius 3 is 2.53 bits per heavy atom. The van der Waals surface area contributed by atoms with Gasteiger partial charge < -0.3 is 24.7 Å². The van der Waals surface area contributed by atoms with E-state index >= 15 is 0 Å². The molecule has 1 aromatic carbocycles. The highest BCUT2D eigenvalue weighted by atomic mass is 16.6. The van der Waals surface area contributed by atoms with Crippen molar-refractivity contribution in [1.29, 1.82) is 5.26 Å². The lowest BCUT2D eigenvalue weighted by Crippen LogP contribution is -2.38. The average Bonchev–Trinajstić information content (AvgIpc) is 2.75. The average molecular weight is 406 g/mol. The van der Waals surface area contributed by atoms with E-state index < -0.39 is 0 Å². The number of benzene rings is 1. The van der Waals surface area contributed by atoms with Gasteiger partial charge in [-0.3, -0.25) is 0 Å². The molecule has 2 saturated heterocycles. The molecule has 2 fully saturated rings. The van der Waals surface area contributed by atoms with Crippen LogP contribution in [0.25, 0.3) is 16.0 Å². The van der Waals surface area contributed by atoms with Gasteiger partial charge in [-0.1, -0.05) is 12.1 Å². The minimum Gasteiger partial charge on any atom is -0.486 e. The molecular weight excluding hydrogens is 384 g/mol. The fourth-order valence-corrected chi connectivity index (χ4v) is 3.46. The largest absolute Gasteiger partial charge is 0.486 e. The molecule has 2 aromatic rings. The van der Waals surface area contributed by atoms with Crippen molar-refractivity contribution in [3.63, 3.8) is 0 Å². The molecule has 0 spiro atoms. The number of anilines is 1. The Labute approximate surface area is 175 Å². The maximum Gasteiger partial charge on any atom is 0.237 e. The molecule has 0 unspecified atom stereocenters. The normalized spacial score (nSPS) is 16.9.